The Morgan fingerprint density at radius 1 is 1.16 bits per heavy atom. The van der Waals surface area contributed by atoms with Gasteiger partial charge in [-0.1, -0.05) is 0 Å². The number of hydrogen-bond donors (Lipinski definition) is 3. The Kier molecular flexibility index (Phi) is 12.1. The predicted octanol–water partition coefficient (Wildman–Crippen LogP) is 4.76. The Balaban J connectivity index is 0.000000773. The number of carbonyl (C=O) groups excluding carboxylic acids is 2. The number of carbonyl (C=O) groups is 2. The molecule has 2 heterocycles. The van der Waals surface area contributed by atoms with Crippen molar-refractivity contribution in [1.29, 1.82) is 0 Å². The van der Waals surface area contributed by atoms with Crippen LogP contribution in [0.4, 0.5) is 11.4 Å². The highest BCUT2D eigenvalue weighted by molar-refractivity contribution is 9.11. The van der Waals surface area contributed by atoms with Gasteiger partial charge in [-0.25, -0.2) is 4.79 Å². The average molecular weight is 611 g/mol. The van der Waals surface area contributed by atoms with E-state index < -0.39 is 16.8 Å². The van der Waals surface area contributed by atoms with E-state index >= 15 is 0 Å². The zero-order chi connectivity index (χ0) is 28.4. The van der Waals surface area contributed by atoms with Gasteiger partial charge in [0.05, 0.1) is 26.8 Å². The molecule has 0 saturated carbocycles. The van der Waals surface area contributed by atoms with Crippen LogP contribution in [-0.2, 0) is 14.3 Å². The van der Waals surface area contributed by atoms with Crippen LogP contribution in [0.2, 0.25) is 0 Å². The van der Waals surface area contributed by atoms with Crippen LogP contribution >= 0.6 is 27.3 Å². The molecule has 1 aliphatic carbocycles. The molecular weight excluding hydrogens is 578 g/mol. The van der Waals surface area contributed by atoms with Crippen LogP contribution in [0.3, 0.4) is 0 Å². The summed E-state index contributed by atoms with van der Waals surface area (Å²) in [6, 6.07) is 9.63. The number of thiophene rings is 1. The summed E-state index contributed by atoms with van der Waals surface area (Å²) in [5.74, 6) is -1.08. The lowest BCUT2D eigenvalue weighted by Crippen LogP contribution is -2.40. The van der Waals surface area contributed by atoms with E-state index in [-0.39, 0.29) is 42.7 Å². The molecule has 0 amide bonds. The molecule has 0 bridgehead atoms. The molecule has 2 aromatic rings. The number of halogens is 1. The van der Waals surface area contributed by atoms with E-state index in [1.807, 2.05) is 12.1 Å². The largest absolute Gasteiger partial charge is 0.463 e. The van der Waals surface area contributed by atoms with Gasteiger partial charge in [0.25, 0.3) is 5.69 Å². The van der Waals surface area contributed by atoms with Gasteiger partial charge in [-0.05, 0) is 73.8 Å². The third-order valence-electron chi connectivity index (χ3n) is 5.49. The molecule has 1 aromatic heterocycles. The predicted molar refractivity (Wildman–Crippen MR) is 150 cm³/mol. The second-order valence-electron chi connectivity index (χ2n) is 7.97. The molecule has 0 fully saturated rings. The van der Waals surface area contributed by atoms with Crippen LogP contribution < -0.4 is 10.6 Å². The van der Waals surface area contributed by atoms with Crippen molar-refractivity contribution in [3.8, 4) is 0 Å². The number of nitrogens with zero attached hydrogens (tertiary/aromatic N) is 2. The molecule has 0 spiro atoms. The van der Waals surface area contributed by atoms with Crippen molar-refractivity contribution in [2.24, 2.45) is 5.73 Å². The highest BCUT2D eigenvalue weighted by atomic mass is 79.9. The molecule has 1 aromatic carbocycles. The topological polar surface area (TPSA) is 156 Å². The molecule has 1 unspecified atom stereocenters. The van der Waals surface area contributed by atoms with Crippen LogP contribution in [0, 0.1) is 10.1 Å². The summed E-state index contributed by atoms with van der Waals surface area (Å²) in [7, 11) is 0. The van der Waals surface area contributed by atoms with Gasteiger partial charge in [0.1, 0.15) is 5.82 Å². The smallest absolute Gasteiger partial charge is 0.338 e. The summed E-state index contributed by atoms with van der Waals surface area (Å²) in [5.41, 5.74) is 8.52. The number of anilines is 1. The number of Topliss-reactive ketones (excluding diaryl/α,β-unsaturated/α-hetero) is 1. The lowest BCUT2D eigenvalue weighted by molar-refractivity contribution is -0.384. The number of allylic oxidation sites excluding steroid dienone is 2. The number of aliphatic hydroxyl groups is 2. The Bertz CT molecular complexity index is 1210. The van der Waals surface area contributed by atoms with Gasteiger partial charge in [-0.15, -0.1) is 11.3 Å². The lowest BCUT2D eigenvalue weighted by atomic mass is 9.77. The SMILES string of the molecule is CCO.CCO.CCOC(=O)C1=C(N)N(c2ccc([N+](=O)[O-])cc2)C2=C(C(=O)CCC2)C1c1ccc(Br)s1. The van der Waals surface area contributed by atoms with Crippen molar-refractivity contribution in [2.75, 3.05) is 24.7 Å². The van der Waals surface area contributed by atoms with E-state index in [9.17, 15) is 19.7 Å². The van der Waals surface area contributed by atoms with E-state index in [1.165, 1.54) is 23.5 Å². The number of aliphatic hydroxyl groups excluding tert-OH is 2. The molecule has 4 rings (SSSR count). The van der Waals surface area contributed by atoms with Crippen LogP contribution in [0.1, 0.15) is 50.8 Å². The van der Waals surface area contributed by atoms with Gasteiger partial charge < -0.3 is 20.7 Å². The zero-order valence-electron chi connectivity index (χ0n) is 21.5. The first-order chi connectivity index (χ1) is 18.2. The number of ether oxygens (including phenoxy) is 1. The molecule has 38 heavy (non-hydrogen) atoms. The van der Waals surface area contributed by atoms with E-state index in [1.54, 1.807) is 37.8 Å². The third-order valence-corrected chi connectivity index (χ3v) is 7.17. The molecule has 0 radical (unpaired) electrons. The van der Waals surface area contributed by atoms with E-state index in [4.69, 9.17) is 20.7 Å². The minimum absolute atomic E-state index is 0.0398. The van der Waals surface area contributed by atoms with Crippen molar-refractivity contribution in [2.45, 2.75) is 46.0 Å². The second-order valence-corrected chi connectivity index (χ2v) is 10.5. The number of non-ortho nitro benzene ring substituents is 1. The first-order valence-electron chi connectivity index (χ1n) is 12.1. The monoisotopic (exact) mass is 609 g/mol. The number of nitrogens with two attached hydrogens (primary N) is 1. The Labute approximate surface area is 233 Å². The molecule has 10 nitrogen and oxygen atoms in total. The normalized spacial score (nSPS) is 16.6. The molecule has 1 aliphatic heterocycles. The summed E-state index contributed by atoms with van der Waals surface area (Å²) in [4.78, 5) is 39.3. The van der Waals surface area contributed by atoms with Gasteiger partial charge in [-0.3, -0.25) is 19.8 Å². The number of nitro benzene ring substituents is 1. The van der Waals surface area contributed by atoms with Crippen LogP contribution in [-0.4, -0.2) is 46.7 Å². The highest BCUT2D eigenvalue weighted by Crippen LogP contribution is 2.48. The van der Waals surface area contributed by atoms with Crippen molar-refractivity contribution in [3.05, 3.63) is 77.8 Å². The fourth-order valence-corrected chi connectivity index (χ4v) is 5.73. The minimum atomic E-state index is -0.623. The number of esters is 1. The van der Waals surface area contributed by atoms with Gasteiger partial charge in [0.15, 0.2) is 5.78 Å². The second kappa shape index (κ2) is 14.8. The number of benzene rings is 1. The summed E-state index contributed by atoms with van der Waals surface area (Å²) in [6.07, 6.45) is 1.63. The summed E-state index contributed by atoms with van der Waals surface area (Å²) in [6.45, 7) is 5.73. The van der Waals surface area contributed by atoms with Gasteiger partial charge in [0, 0.05) is 53.6 Å². The molecule has 206 valence electrons. The van der Waals surface area contributed by atoms with E-state index in [2.05, 4.69) is 15.9 Å². The van der Waals surface area contributed by atoms with E-state index in [0.717, 1.165) is 14.4 Å². The first kappa shape index (κ1) is 31.2. The van der Waals surface area contributed by atoms with Crippen LogP contribution in [0.5, 0.6) is 0 Å². The van der Waals surface area contributed by atoms with Crippen molar-refractivity contribution < 1.29 is 29.5 Å². The Morgan fingerprint density at radius 3 is 2.26 bits per heavy atom. The third kappa shape index (κ3) is 7.07. The number of nitro groups is 1. The van der Waals surface area contributed by atoms with Crippen molar-refractivity contribution >= 4 is 50.4 Å². The zero-order valence-corrected chi connectivity index (χ0v) is 23.9. The molecular formula is C26H32BrN3O7S. The summed E-state index contributed by atoms with van der Waals surface area (Å²) < 4.78 is 6.20. The van der Waals surface area contributed by atoms with Crippen LogP contribution in [0.25, 0.3) is 0 Å². The molecule has 1 atom stereocenters. The van der Waals surface area contributed by atoms with E-state index in [0.29, 0.717) is 30.5 Å². The maximum atomic E-state index is 13.2. The number of hydrogen-bond acceptors (Lipinski definition) is 10. The lowest BCUT2D eigenvalue weighted by Gasteiger charge is -2.40. The summed E-state index contributed by atoms with van der Waals surface area (Å²) in [5, 5.41) is 26.2. The van der Waals surface area contributed by atoms with Gasteiger partial charge in [0.2, 0.25) is 0 Å². The highest BCUT2D eigenvalue weighted by Gasteiger charge is 2.43. The molecule has 12 heteroatoms. The Morgan fingerprint density at radius 2 is 1.76 bits per heavy atom. The molecule has 4 N–H and O–H groups in total. The maximum Gasteiger partial charge on any atom is 0.338 e. The standard InChI is InChI=1S/C22H20BrN3O5S.2C2H6O/c1-2-31-22(28)20-19(16-10-11-17(23)32-16)18-14(4-3-5-15(18)27)25(21(20)24)12-6-8-13(9-7-12)26(29)30;2*1-2-3/h6-11,19H,2-5,24H2,1H3;2*3H,2H2,1H3. The average Bonchev–Trinajstić information content (AvgIpc) is 3.30. The number of rotatable bonds is 5. The van der Waals surface area contributed by atoms with Gasteiger partial charge in [-0.2, -0.15) is 0 Å². The quantitative estimate of drug-likeness (QED) is 0.247. The first-order valence-corrected chi connectivity index (χ1v) is 13.7. The molecule has 0 saturated heterocycles. The Hall–Kier alpha value is -3.06. The van der Waals surface area contributed by atoms with Gasteiger partial charge >= 0.3 is 5.97 Å². The van der Waals surface area contributed by atoms with Crippen molar-refractivity contribution in [1.82, 2.24) is 0 Å². The fraction of sp³-hybridized carbons (Fsp3) is 0.385. The summed E-state index contributed by atoms with van der Waals surface area (Å²) >= 11 is 4.90. The minimum Gasteiger partial charge on any atom is -0.463 e. The maximum absolute atomic E-state index is 13.2. The van der Waals surface area contributed by atoms with Crippen molar-refractivity contribution in [3.63, 3.8) is 0 Å². The molecule has 2 aliphatic rings. The van der Waals surface area contributed by atoms with Crippen LogP contribution in [0.15, 0.2) is 62.8 Å². The fourth-order valence-electron chi connectivity index (χ4n) is 4.18. The number of ketones is 1.